The summed E-state index contributed by atoms with van der Waals surface area (Å²) in [6.45, 7) is 4.56. The average molecular weight is 380 g/mol. The van der Waals surface area contributed by atoms with Crippen LogP contribution >= 0.6 is 0 Å². The molecule has 7 nitrogen and oxygen atoms in total. The molecule has 0 atom stereocenters. The van der Waals surface area contributed by atoms with Gasteiger partial charge in [0.25, 0.3) is 5.89 Å². The van der Waals surface area contributed by atoms with Gasteiger partial charge in [-0.1, -0.05) is 31.1 Å². The minimum atomic E-state index is -0.249. The predicted molar refractivity (Wildman–Crippen MR) is 108 cm³/mol. The summed E-state index contributed by atoms with van der Waals surface area (Å²) in [5.41, 5.74) is 2.63. The fraction of sp³-hybridized carbons (Fsp3) is 0.286. The third-order valence-corrected chi connectivity index (χ3v) is 4.21. The number of carbonyl (C=O) groups excluding carboxylic acids is 1. The molecule has 0 radical (unpaired) electrons. The van der Waals surface area contributed by atoms with Gasteiger partial charge in [-0.15, -0.1) is 0 Å². The van der Waals surface area contributed by atoms with E-state index in [4.69, 9.17) is 9.26 Å². The van der Waals surface area contributed by atoms with Crippen molar-refractivity contribution in [2.45, 2.75) is 26.2 Å². The normalized spacial score (nSPS) is 10.7. The van der Waals surface area contributed by atoms with Gasteiger partial charge in [0.1, 0.15) is 5.75 Å². The molecule has 2 aromatic carbocycles. The number of methoxy groups -OCH3 is 1. The molecule has 1 aromatic heterocycles. The number of nitrogens with one attached hydrogen (secondary N) is 2. The summed E-state index contributed by atoms with van der Waals surface area (Å²) in [5.74, 6) is 2.17. The molecule has 3 rings (SSSR count). The summed E-state index contributed by atoms with van der Waals surface area (Å²) in [4.78, 5) is 16.4. The molecule has 3 aromatic rings. The van der Waals surface area contributed by atoms with E-state index < -0.39 is 0 Å². The van der Waals surface area contributed by atoms with Crippen LogP contribution < -0.4 is 15.4 Å². The van der Waals surface area contributed by atoms with Gasteiger partial charge in [-0.25, -0.2) is 4.79 Å². The molecule has 0 saturated heterocycles. The van der Waals surface area contributed by atoms with E-state index in [0.29, 0.717) is 23.9 Å². The van der Waals surface area contributed by atoms with Gasteiger partial charge in [0.15, 0.2) is 5.82 Å². The van der Waals surface area contributed by atoms with Gasteiger partial charge in [0.2, 0.25) is 0 Å². The maximum Gasteiger partial charge on any atom is 0.319 e. The van der Waals surface area contributed by atoms with Crippen LogP contribution in [0.4, 0.5) is 10.5 Å². The number of benzene rings is 2. The van der Waals surface area contributed by atoms with Crippen LogP contribution in [0.25, 0.3) is 11.5 Å². The molecule has 0 spiro atoms. The molecular weight excluding hydrogens is 356 g/mol. The second-order valence-electron chi connectivity index (χ2n) is 6.67. The fourth-order valence-corrected chi connectivity index (χ4v) is 2.57. The van der Waals surface area contributed by atoms with E-state index in [1.807, 2.05) is 50.2 Å². The Morgan fingerprint density at radius 1 is 1.11 bits per heavy atom. The second-order valence-corrected chi connectivity index (χ2v) is 6.67. The number of ether oxygens (including phenoxy) is 1. The summed E-state index contributed by atoms with van der Waals surface area (Å²) >= 11 is 0. The van der Waals surface area contributed by atoms with Gasteiger partial charge in [-0.3, -0.25) is 0 Å². The van der Waals surface area contributed by atoms with Crippen molar-refractivity contribution in [2.24, 2.45) is 0 Å². The third kappa shape index (κ3) is 5.09. The molecule has 0 saturated carbocycles. The first-order valence-electron chi connectivity index (χ1n) is 9.17. The summed E-state index contributed by atoms with van der Waals surface area (Å²) in [7, 11) is 1.64. The summed E-state index contributed by atoms with van der Waals surface area (Å²) in [6, 6.07) is 14.8. The van der Waals surface area contributed by atoms with Crippen molar-refractivity contribution >= 4 is 11.7 Å². The fourth-order valence-electron chi connectivity index (χ4n) is 2.57. The number of amides is 2. The van der Waals surface area contributed by atoms with Gasteiger partial charge in [0, 0.05) is 23.7 Å². The molecule has 0 aliphatic rings. The number of aromatic nitrogens is 2. The monoisotopic (exact) mass is 380 g/mol. The van der Waals surface area contributed by atoms with E-state index in [1.54, 1.807) is 19.2 Å². The van der Waals surface area contributed by atoms with E-state index in [9.17, 15) is 4.79 Å². The molecule has 146 valence electrons. The minimum Gasteiger partial charge on any atom is -0.497 e. The van der Waals surface area contributed by atoms with Crippen LogP contribution in [0.1, 0.15) is 31.2 Å². The number of hydrogen-bond donors (Lipinski definition) is 2. The van der Waals surface area contributed by atoms with Crippen molar-refractivity contribution in [3.8, 4) is 17.2 Å². The number of nitrogens with zero attached hydrogens (tertiary/aromatic N) is 2. The quantitative estimate of drug-likeness (QED) is 0.640. The van der Waals surface area contributed by atoms with Crippen molar-refractivity contribution < 1.29 is 14.1 Å². The van der Waals surface area contributed by atoms with Crippen molar-refractivity contribution in [1.29, 1.82) is 0 Å². The molecule has 0 unspecified atom stereocenters. The number of urea groups is 1. The molecule has 2 amide bonds. The van der Waals surface area contributed by atoms with Crippen LogP contribution in [0.5, 0.6) is 5.75 Å². The number of rotatable bonds is 7. The van der Waals surface area contributed by atoms with Crippen LogP contribution in [0.15, 0.2) is 53.1 Å². The lowest BCUT2D eigenvalue weighted by Crippen LogP contribution is -2.30. The molecule has 28 heavy (non-hydrogen) atoms. The van der Waals surface area contributed by atoms with Gasteiger partial charge in [0.05, 0.1) is 7.11 Å². The molecule has 2 N–H and O–H groups in total. The van der Waals surface area contributed by atoms with Crippen molar-refractivity contribution in [1.82, 2.24) is 15.5 Å². The van der Waals surface area contributed by atoms with Crippen LogP contribution in [0.2, 0.25) is 0 Å². The largest absolute Gasteiger partial charge is 0.497 e. The molecule has 0 aliphatic carbocycles. The van der Waals surface area contributed by atoms with Crippen LogP contribution in [-0.2, 0) is 6.42 Å². The second kappa shape index (κ2) is 9.03. The first-order valence-corrected chi connectivity index (χ1v) is 9.17. The Kier molecular flexibility index (Phi) is 6.26. The Morgan fingerprint density at radius 3 is 2.43 bits per heavy atom. The molecule has 1 heterocycles. The minimum absolute atomic E-state index is 0.208. The number of hydrogen-bond acceptors (Lipinski definition) is 5. The molecule has 0 fully saturated rings. The van der Waals surface area contributed by atoms with E-state index >= 15 is 0 Å². The van der Waals surface area contributed by atoms with E-state index in [2.05, 4.69) is 20.8 Å². The Hall–Kier alpha value is -3.35. The van der Waals surface area contributed by atoms with Gasteiger partial charge >= 0.3 is 6.03 Å². The van der Waals surface area contributed by atoms with Gasteiger partial charge < -0.3 is 19.9 Å². The SMILES string of the molecule is COc1ccc(CCNC(=O)Nc2ccc(-c3nc(C(C)C)no3)cc2)cc1. The lowest BCUT2D eigenvalue weighted by molar-refractivity contribution is 0.252. The molecular formula is C21H24N4O3. The zero-order valence-electron chi connectivity index (χ0n) is 16.2. The molecule has 7 heteroatoms. The topological polar surface area (TPSA) is 89.3 Å². The predicted octanol–water partition coefficient (Wildman–Crippen LogP) is 4.23. The van der Waals surface area contributed by atoms with Gasteiger partial charge in [-0.2, -0.15) is 4.98 Å². The highest BCUT2D eigenvalue weighted by atomic mass is 16.5. The van der Waals surface area contributed by atoms with Crippen LogP contribution in [-0.4, -0.2) is 29.8 Å². The van der Waals surface area contributed by atoms with Gasteiger partial charge in [-0.05, 0) is 48.4 Å². The van der Waals surface area contributed by atoms with Crippen LogP contribution in [0, 0.1) is 0 Å². The Balaban J connectivity index is 1.48. The first kappa shape index (κ1) is 19.4. The number of carbonyl (C=O) groups is 1. The van der Waals surface area contributed by atoms with E-state index in [-0.39, 0.29) is 11.9 Å². The van der Waals surface area contributed by atoms with Crippen molar-refractivity contribution in [2.75, 3.05) is 19.0 Å². The molecule has 0 aliphatic heterocycles. The highest BCUT2D eigenvalue weighted by Gasteiger charge is 2.11. The molecule has 0 bridgehead atoms. The van der Waals surface area contributed by atoms with Crippen molar-refractivity contribution in [3.63, 3.8) is 0 Å². The average Bonchev–Trinajstić information content (AvgIpc) is 3.20. The smallest absolute Gasteiger partial charge is 0.319 e. The lowest BCUT2D eigenvalue weighted by Gasteiger charge is -2.08. The lowest BCUT2D eigenvalue weighted by atomic mass is 10.1. The summed E-state index contributed by atoms with van der Waals surface area (Å²) in [6.07, 6.45) is 0.742. The highest BCUT2D eigenvalue weighted by Crippen LogP contribution is 2.21. The van der Waals surface area contributed by atoms with E-state index in [1.165, 1.54) is 0 Å². The third-order valence-electron chi connectivity index (χ3n) is 4.21. The van der Waals surface area contributed by atoms with Crippen LogP contribution in [0.3, 0.4) is 0 Å². The summed E-state index contributed by atoms with van der Waals surface area (Å²) in [5, 5.41) is 9.62. The summed E-state index contributed by atoms with van der Waals surface area (Å²) < 4.78 is 10.4. The van der Waals surface area contributed by atoms with E-state index in [0.717, 1.165) is 23.3 Å². The van der Waals surface area contributed by atoms with Crippen molar-refractivity contribution in [3.05, 3.63) is 59.9 Å². The first-order chi connectivity index (χ1) is 13.5. The zero-order chi connectivity index (χ0) is 19.9. The highest BCUT2D eigenvalue weighted by molar-refractivity contribution is 5.89. The Labute approximate surface area is 164 Å². The maximum atomic E-state index is 12.1. The number of anilines is 1. The zero-order valence-corrected chi connectivity index (χ0v) is 16.2. The Morgan fingerprint density at radius 2 is 1.82 bits per heavy atom. The standard InChI is InChI=1S/C21H24N4O3/c1-14(2)19-24-20(28-25-19)16-6-8-17(9-7-16)23-21(26)22-13-12-15-4-10-18(27-3)11-5-15/h4-11,14H,12-13H2,1-3H3,(H2,22,23,26). The Bertz CT molecular complexity index is 902. The maximum absolute atomic E-state index is 12.1.